The molecule has 0 bridgehead atoms. The molecule has 2 aromatic carbocycles. The molecular formula is C16H18ClN3O. The number of hydrogen-bond acceptors (Lipinski definition) is 3. The van der Waals surface area contributed by atoms with Gasteiger partial charge in [-0.1, -0.05) is 53.2 Å². The van der Waals surface area contributed by atoms with Crippen LogP contribution < -0.4 is 10.6 Å². The summed E-state index contributed by atoms with van der Waals surface area (Å²) in [6.07, 6.45) is 0.482. The van der Waals surface area contributed by atoms with Crippen LogP contribution in [0.15, 0.2) is 59.8 Å². The van der Waals surface area contributed by atoms with E-state index < -0.39 is 0 Å². The minimum atomic E-state index is 0.218. The van der Waals surface area contributed by atoms with Crippen molar-refractivity contribution in [3.63, 3.8) is 0 Å². The van der Waals surface area contributed by atoms with E-state index in [1.54, 1.807) is 0 Å². The van der Waals surface area contributed by atoms with Crippen molar-refractivity contribution in [3.8, 4) is 0 Å². The molecule has 2 rings (SSSR count). The molecule has 4 nitrogen and oxygen atoms in total. The first-order valence-corrected chi connectivity index (χ1v) is 7.08. The SMILES string of the molecule is N/C(CCN(Cc1ccccc1Cl)c1ccccc1)=N\O. The van der Waals surface area contributed by atoms with Gasteiger partial charge in [0.05, 0.1) is 0 Å². The van der Waals surface area contributed by atoms with Gasteiger partial charge in [0.25, 0.3) is 0 Å². The Bertz CT molecular complexity index is 601. The maximum Gasteiger partial charge on any atom is 0.140 e. The Labute approximate surface area is 129 Å². The Balaban J connectivity index is 2.18. The zero-order chi connectivity index (χ0) is 15.1. The van der Waals surface area contributed by atoms with E-state index in [2.05, 4.69) is 10.1 Å². The van der Waals surface area contributed by atoms with Crippen molar-refractivity contribution in [1.82, 2.24) is 0 Å². The highest BCUT2D eigenvalue weighted by molar-refractivity contribution is 6.31. The molecule has 0 heterocycles. The summed E-state index contributed by atoms with van der Waals surface area (Å²) >= 11 is 6.23. The lowest BCUT2D eigenvalue weighted by molar-refractivity contribution is 0.317. The molecule has 0 aromatic heterocycles. The van der Waals surface area contributed by atoms with Crippen LogP contribution >= 0.6 is 11.6 Å². The van der Waals surface area contributed by atoms with Gasteiger partial charge in [0.1, 0.15) is 5.84 Å². The Morgan fingerprint density at radius 3 is 2.43 bits per heavy atom. The van der Waals surface area contributed by atoms with Crippen LogP contribution in [0.1, 0.15) is 12.0 Å². The second-order valence-electron chi connectivity index (χ2n) is 4.69. The molecule has 21 heavy (non-hydrogen) atoms. The molecule has 0 fully saturated rings. The number of nitrogens with zero attached hydrogens (tertiary/aromatic N) is 2. The van der Waals surface area contributed by atoms with Gasteiger partial charge in [-0.15, -0.1) is 0 Å². The van der Waals surface area contributed by atoms with Crippen molar-refractivity contribution in [2.45, 2.75) is 13.0 Å². The van der Waals surface area contributed by atoms with Crippen molar-refractivity contribution in [2.24, 2.45) is 10.9 Å². The lowest BCUT2D eigenvalue weighted by Crippen LogP contribution is -2.28. The lowest BCUT2D eigenvalue weighted by atomic mass is 10.2. The normalized spacial score (nSPS) is 11.4. The molecule has 0 saturated carbocycles. The predicted octanol–water partition coefficient (Wildman–Crippen LogP) is 3.48. The number of para-hydroxylation sites is 1. The molecule has 0 aliphatic rings. The Morgan fingerprint density at radius 2 is 1.76 bits per heavy atom. The van der Waals surface area contributed by atoms with E-state index in [-0.39, 0.29) is 5.84 Å². The summed E-state index contributed by atoms with van der Waals surface area (Å²) in [6.45, 7) is 1.31. The van der Waals surface area contributed by atoms with Crippen molar-refractivity contribution >= 4 is 23.1 Å². The molecule has 0 aliphatic heterocycles. The van der Waals surface area contributed by atoms with Crippen LogP contribution in [-0.4, -0.2) is 17.6 Å². The standard InChI is InChI=1S/C16H18ClN3O/c17-15-9-5-4-6-13(15)12-20(11-10-16(18)19-21)14-7-2-1-3-8-14/h1-9,21H,10-12H2,(H2,18,19). The van der Waals surface area contributed by atoms with Crippen LogP contribution in [0.5, 0.6) is 0 Å². The maximum atomic E-state index is 8.68. The molecule has 0 saturated heterocycles. The highest BCUT2D eigenvalue weighted by Gasteiger charge is 2.10. The molecule has 110 valence electrons. The molecule has 2 aromatic rings. The highest BCUT2D eigenvalue weighted by atomic mass is 35.5. The van der Waals surface area contributed by atoms with Gasteiger partial charge in [-0.2, -0.15) is 0 Å². The Morgan fingerprint density at radius 1 is 1.10 bits per heavy atom. The molecule has 3 N–H and O–H groups in total. The Kier molecular flexibility index (Phi) is 5.46. The summed E-state index contributed by atoms with van der Waals surface area (Å²) in [5.74, 6) is 0.218. The van der Waals surface area contributed by atoms with Crippen LogP contribution in [0.2, 0.25) is 5.02 Å². The summed E-state index contributed by atoms with van der Waals surface area (Å²) < 4.78 is 0. The van der Waals surface area contributed by atoms with E-state index in [1.807, 2.05) is 54.6 Å². The van der Waals surface area contributed by atoms with E-state index in [1.165, 1.54) is 0 Å². The summed E-state index contributed by atoms with van der Waals surface area (Å²) in [7, 11) is 0. The van der Waals surface area contributed by atoms with E-state index in [0.29, 0.717) is 19.5 Å². The van der Waals surface area contributed by atoms with E-state index in [0.717, 1.165) is 16.3 Å². The molecule has 0 amide bonds. The van der Waals surface area contributed by atoms with Crippen LogP contribution in [0.25, 0.3) is 0 Å². The smallest absolute Gasteiger partial charge is 0.140 e. The van der Waals surface area contributed by atoms with E-state index >= 15 is 0 Å². The van der Waals surface area contributed by atoms with Crippen LogP contribution in [-0.2, 0) is 6.54 Å². The number of halogens is 1. The third kappa shape index (κ3) is 4.39. The van der Waals surface area contributed by atoms with E-state index in [4.69, 9.17) is 22.5 Å². The minimum absolute atomic E-state index is 0.218. The number of hydrogen-bond donors (Lipinski definition) is 2. The largest absolute Gasteiger partial charge is 0.409 e. The molecule has 0 aliphatic carbocycles. The topological polar surface area (TPSA) is 61.8 Å². The second-order valence-corrected chi connectivity index (χ2v) is 5.10. The van der Waals surface area contributed by atoms with Gasteiger partial charge in [-0.05, 0) is 23.8 Å². The van der Waals surface area contributed by atoms with Crippen molar-refractivity contribution in [3.05, 3.63) is 65.2 Å². The summed E-state index contributed by atoms with van der Waals surface area (Å²) in [6, 6.07) is 17.8. The number of amidine groups is 1. The predicted molar refractivity (Wildman–Crippen MR) is 87.0 cm³/mol. The molecule has 0 spiro atoms. The number of oxime groups is 1. The average molecular weight is 304 g/mol. The highest BCUT2D eigenvalue weighted by Crippen LogP contribution is 2.21. The molecule has 5 heteroatoms. The van der Waals surface area contributed by atoms with Gasteiger partial charge < -0.3 is 15.8 Å². The first kappa shape index (κ1) is 15.2. The van der Waals surface area contributed by atoms with Crippen LogP contribution in [0.3, 0.4) is 0 Å². The summed E-state index contributed by atoms with van der Waals surface area (Å²) in [4.78, 5) is 2.15. The zero-order valence-corrected chi connectivity index (χ0v) is 12.4. The van der Waals surface area contributed by atoms with Crippen molar-refractivity contribution in [2.75, 3.05) is 11.4 Å². The molecule has 0 unspecified atom stereocenters. The van der Waals surface area contributed by atoms with Gasteiger partial charge in [0.15, 0.2) is 0 Å². The van der Waals surface area contributed by atoms with Gasteiger partial charge in [0.2, 0.25) is 0 Å². The monoisotopic (exact) mass is 303 g/mol. The lowest BCUT2D eigenvalue weighted by Gasteiger charge is -2.25. The summed E-state index contributed by atoms with van der Waals surface area (Å²) in [5, 5.41) is 12.4. The average Bonchev–Trinajstić information content (AvgIpc) is 2.53. The number of rotatable bonds is 6. The molecular weight excluding hydrogens is 286 g/mol. The number of benzene rings is 2. The number of anilines is 1. The first-order chi connectivity index (χ1) is 10.2. The van der Waals surface area contributed by atoms with E-state index in [9.17, 15) is 0 Å². The van der Waals surface area contributed by atoms with Gasteiger partial charge in [-0.3, -0.25) is 0 Å². The van der Waals surface area contributed by atoms with Crippen LogP contribution in [0.4, 0.5) is 5.69 Å². The van der Waals surface area contributed by atoms with Gasteiger partial charge in [0, 0.05) is 30.2 Å². The molecule has 0 radical (unpaired) electrons. The maximum absolute atomic E-state index is 8.68. The quantitative estimate of drug-likeness (QED) is 0.372. The third-order valence-corrected chi connectivity index (χ3v) is 3.58. The van der Waals surface area contributed by atoms with Crippen molar-refractivity contribution < 1.29 is 5.21 Å². The minimum Gasteiger partial charge on any atom is -0.409 e. The summed E-state index contributed by atoms with van der Waals surface area (Å²) in [5.41, 5.74) is 7.69. The van der Waals surface area contributed by atoms with Gasteiger partial charge in [-0.25, -0.2) is 0 Å². The fraction of sp³-hybridized carbons (Fsp3) is 0.188. The third-order valence-electron chi connectivity index (χ3n) is 3.21. The fourth-order valence-corrected chi connectivity index (χ4v) is 2.27. The number of nitrogens with two attached hydrogens (primary N) is 1. The second kappa shape index (κ2) is 7.55. The first-order valence-electron chi connectivity index (χ1n) is 6.70. The fourth-order valence-electron chi connectivity index (χ4n) is 2.07. The van der Waals surface area contributed by atoms with Gasteiger partial charge >= 0.3 is 0 Å². The Hall–Kier alpha value is -2.20. The van der Waals surface area contributed by atoms with Crippen molar-refractivity contribution in [1.29, 1.82) is 0 Å². The van der Waals surface area contributed by atoms with Crippen LogP contribution in [0, 0.1) is 0 Å². The molecule has 0 atom stereocenters. The zero-order valence-electron chi connectivity index (χ0n) is 11.6.